The third-order valence-corrected chi connectivity index (χ3v) is 7.17. The van der Waals surface area contributed by atoms with Crippen LogP contribution in [0.5, 0.6) is 0 Å². The van der Waals surface area contributed by atoms with Gasteiger partial charge in [0, 0.05) is 12.6 Å². The third kappa shape index (κ3) is 2.62. The van der Waals surface area contributed by atoms with Crippen molar-refractivity contribution in [2.45, 2.75) is 44.6 Å². The highest BCUT2D eigenvalue weighted by Gasteiger charge is 2.37. The molecule has 112 valence electrons. The highest BCUT2D eigenvalue weighted by atomic mass is 32.2. The van der Waals surface area contributed by atoms with E-state index in [0.29, 0.717) is 18.0 Å². The Labute approximate surface area is 123 Å². The molecule has 0 aromatic carbocycles. The number of nitrogens with zero attached hydrogens (tertiary/aromatic N) is 1. The van der Waals surface area contributed by atoms with E-state index in [0.717, 1.165) is 24.2 Å². The summed E-state index contributed by atoms with van der Waals surface area (Å²) in [6.45, 7) is 6.10. The normalized spacial score (nSPS) is 24.8. The van der Waals surface area contributed by atoms with E-state index in [9.17, 15) is 18.3 Å². The topological polar surface area (TPSA) is 74.7 Å². The van der Waals surface area contributed by atoms with Gasteiger partial charge >= 0.3 is 5.97 Å². The van der Waals surface area contributed by atoms with E-state index in [1.807, 2.05) is 6.92 Å². The van der Waals surface area contributed by atoms with Gasteiger partial charge in [-0.3, -0.25) is 0 Å². The standard InChI is InChI=1S/C13H19NO4S2/c1-8-4-5-14(10(3)6-8)20(17,18)12-9(2)7-19-11(12)13(15)16/h7-8,10H,4-6H2,1-3H3,(H,15,16). The first-order chi connectivity index (χ1) is 9.25. The quantitative estimate of drug-likeness (QED) is 0.929. The molecule has 1 aromatic rings. The van der Waals surface area contributed by atoms with Crippen LogP contribution in [0.25, 0.3) is 0 Å². The Bertz CT molecular complexity index is 620. The van der Waals surface area contributed by atoms with E-state index in [1.165, 1.54) is 4.31 Å². The molecule has 2 atom stereocenters. The van der Waals surface area contributed by atoms with Crippen molar-refractivity contribution in [2.24, 2.45) is 5.92 Å². The Balaban J connectivity index is 2.46. The number of rotatable bonds is 3. The maximum absolute atomic E-state index is 12.8. The largest absolute Gasteiger partial charge is 0.477 e. The fraction of sp³-hybridized carbons (Fsp3) is 0.615. The van der Waals surface area contributed by atoms with E-state index < -0.39 is 16.0 Å². The Morgan fingerprint density at radius 2 is 2.10 bits per heavy atom. The van der Waals surface area contributed by atoms with Crippen LogP contribution in [-0.4, -0.2) is 36.4 Å². The first-order valence-corrected chi connectivity index (χ1v) is 8.90. The summed E-state index contributed by atoms with van der Waals surface area (Å²) < 4.78 is 27.0. The number of carboxylic acid groups (broad SMARTS) is 1. The van der Waals surface area contributed by atoms with Crippen LogP contribution >= 0.6 is 11.3 Å². The van der Waals surface area contributed by atoms with Crippen LogP contribution < -0.4 is 0 Å². The molecule has 2 rings (SSSR count). The van der Waals surface area contributed by atoms with Crippen LogP contribution in [0.3, 0.4) is 0 Å². The van der Waals surface area contributed by atoms with E-state index >= 15 is 0 Å². The average molecular weight is 317 g/mol. The van der Waals surface area contributed by atoms with Gasteiger partial charge in [-0.05, 0) is 43.6 Å². The predicted octanol–water partition coefficient (Wildman–Crippen LogP) is 2.56. The number of hydrogen-bond donors (Lipinski definition) is 1. The van der Waals surface area contributed by atoms with Crippen LogP contribution in [-0.2, 0) is 10.0 Å². The second-order valence-electron chi connectivity index (χ2n) is 5.48. The van der Waals surface area contributed by atoms with Crippen LogP contribution in [0.15, 0.2) is 10.3 Å². The minimum Gasteiger partial charge on any atom is -0.477 e. The lowest BCUT2D eigenvalue weighted by Crippen LogP contribution is -2.44. The number of sulfonamides is 1. The van der Waals surface area contributed by atoms with Crippen LogP contribution in [0.1, 0.15) is 41.9 Å². The summed E-state index contributed by atoms with van der Waals surface area (Å²) in [4.78, 5) is 11.1. The molecule has 0 spiro atoms. The SMILES string of the molecule is Cc1csc(C(=O)O)c1S(=O)(=O)N1CCC(C)CC1C. The Hall–Kier alpha value is -0.920. The fourth-order valence-electron chi connectivity index (χ4n) is 2.76. The monoisotopic (exact) mass is 317 g/mol. The molecule has 2 unspecified atom stereocenters. The molecule has 0 aliphatic carbocycles. The Kier molecular flexibility index (Phi) is 4.22. The van der Waals surface area contributed by atoms with Gasteiger partial charge in [0.15, 0.2) is 0 Å². The van der Waals surface area contributed by atoms with E-state index in [1.54, 1.807) is 12.3 Å². The smallest absolute Gasteiger partial charge is 0.347 e. The minimum atomic E-state index is -3.73. The first kappa shape index (κ1) is 15.5. The molecule has 0 radical (unpaired) electrons. The molecule has 1 aliphatic rings. The second kappa shape index (κ2) is 5.46. The van der Waals surface area contributed by atoms with Crippen molar-refractivity contribution in [3.05, 3.63) is 15.8 Å². The molecule has 0 bridgehead atoms. The molecular weight excluding hydrogens is 298 g/mol. The van der Waals surface area contributed by atoms with Gasteiger partial charge in [-0.2, -0.15) is 4.31 Å². The Morgan fingerprint density at radius 3 is 2.65 bits per heavy atom. The zero-order chi connectivity index (χ0) is 15.1. The number of aryl methyl sites for hydroxylation is 1. The molecular formula is C13H19NO4S2. The fourth-order valence-corrected chi connectivity index (χ4v) is 6.01. The molecule has 1 N–H and O–H groups in total. The lowest BCUT2D eigenvalue weighted by Gasteiger charge is -2.35. The van der Waals surface area contributed by atoms with Crippen molar-refractivity contribution < 1.29 is 18.3 Å². The van der Waals surface area contributed by atoms with Gasteiger partial charge in [0.25, 0.3) is 0 Å². The zero-order valence-electron chi connectivity index (χ0n) is 11.8. The number of thiophene rings is 1. The maximum Gasteiger partial charge on any atom is 0.347 e. The van der Waals surface area contributed by atoms with Gasteiger partial charge in [-0.1, -0.05) is 6.92 Å². The highest BCUT2D eigenvalue weighted by molar-refractivity contribution is 7.89. The van der Waals surface area contributed by atoms with Crippen molar-refractivity contribution in [3.8, 4) is 0 Å². The lowest BCUT2D eigenvalue weighted by atomic mass is 9.95. The van der Waals surface area contributed by atoms with Gasteiger partial charge in [-0.25, -0.2) is 13.2 Å². The second-order valence-corrected chi connectivity index (χ2v) is 8.18. The van der Waals surface area contributed by atoms with Gasteiger partial charge in [0.2, 0.25) is 10.0 Å². The molecule has 1 saturated heterocycles. The van der Waals surface area contributed by atoms with Crippen molar-refractivity contribution in [1.29, 1.82) is 0 Å². The third-order valence-electron chi connectivity index (χ3n) is 3.76. The maximum atomic E-state index is 12.8. The number of aromatic carboxylic acids is 1. The van der Waals surface area contributed by atoms with Crippen molar-refractivity contribution in [1.82, 2.24) is 4.31 Å². The molecule has 1 fully saturated rings. The molecule has 1 aromatic heterocycles. The van der Waals surface area contributed by atoms with Gasteiger partial charge < -0.3 is 5.11 Å². The van der Waals surface area contributed by atoms with Gasteiger partial charge in [0.05, 0.1) is 0 Å². The van der Waals surface area contributed by atoms with Crippen LogP contribution in [0, 0.1) is 12.8 Å². The molecule has 5 nitrogen and oxygen atoms in total. The molecule has 7 heteroatoms. The van der Waals surface area contributed by atoms with Gasteiger partial charge in [0.1, 0.15) is 9.77 Å². The molecule has 2 heterocycles. The summed E-state index contributed by atoms with van der Waals surface area (Å²) in [5.41, 5.74) is 0.512. The van der Waals surface area contributed by atoms with Crippen molar-refractivity contribution >= 4 is 27.3 Å². The van der Waals surface area contributed by atoms with Crippen LogP contribution in [0.2, 0.25) is 0 Å². The summed E-state index contributed by atoms with van der Waals surface area (Å²) in [6, 6.07) is -0.0929. The molecule has 0 amide bonds. The summed E-state index contributed by atoms with van der Waals surface area (Å²) in [7, 11) is -3.73. The molecule has 0 saturated carbocycles. The molecule has 20 heavy (non-hydrogen) atoms. The van der Waals surface area contributed by atoms with Crippen molar-refractivity contribution in [2.75, 3.05) is 6.54 Å². The highest BCUT2D eigenvalue weighted by Crippen LogP contribution is 2.33. The number of carbonyl (C=O) groups is 1. The summed E-state index contributed by atoms with van der Waals surface area (Å²) in [5, 5.41) is 10.8. The number of piperidine rings is 1. The van der Waals surface area contributed by atoms with Crippen molar-refractivity contribution in [3.63, 3.8) is 0 Å². The lowest BCUT2D eigenvalue weighted by molar-refractivity contribution is 0.0697. The summed E-state index contributed by atoms with van der Waals surface area (Å²) in [5.74, 6) is -0.682. The summed E-state index contributed by atoms with van der Waals surface area (Å²) in [6.07, 6.45) is 1.62. The van der Waals surface area contributed by atoms with Crippen LogP contribution in [0.4, 0.5) is 0 Å². The van der Waals surface area contributed by atoms with E-state index in [2.05, 4.69) is 6.92 Å². The molecule has 1 aliphatic heterocycles. The summed E-state index contributed by atoms with van der Waals surface area (Å²) >= 11 is 0.972. The minimum absolute atomic E-state index is 0.0311. The Morgan fingerprint density at radius 1 is 1.45 bits per heavy atom. The number of hydrogen-bond acceptors (Lipinski definition) is 4. The van der Waals surface area contributed by atoms with E-state index in [-0.39, 0.29) is 15.8 Å². The first-order valence-electron chi connectivity index (χ1n) is 6.58. The predicted molar refractivity (Wildman–Crippen MR) is 77.8 cm³/mol. The van der Waals surface area contributed by atoms with Gasteiger partial charge in [-0.15, -0.1) is 11.3 Å². The number of carboxylic acids is 1. The average Bonchev–Trinajstić information content (AvgIpc) is 2.71. The zero-order valence-corrected chi connectivity index (χ0v) is 13.4. The van der Waals surface area contributed by atoms with E-state index in [4.69, 9.17) is 0 Å².